The minimum atomic E-state index is -2.83. The second-order valence-electron chi connectivity index (χ2n) is 6.70. The summed E-state index contributed by atoms with van der Waals surface area (Å²) in [7, 11) is -2.83. The molecule has 2 heterocycles. The summed E-state index contributed by atoms with van der Waals surface area (Å²) in [4.78, 5) is 13.6. The molecule has 5 nitrogen and oxygen atoms in total. The molecular weight excluding hydrogens is 314 g/mol. The number of fused-ring (bicyclic) bond motifs is 1. The first kappa shape index (κ1) is 16.3. The van der Waals surface area contributed by atoms with E-state index in [2.05, 4.69) is 4.90 Å². The van der Waals surface area contributed by atoms with E-state index in [1.807, 2.05) is 24.3 Å². The number of carbonyl (C=O) groups is 1. The number of hydrogen-bond acceptors (Lipinski definition) is 4. The number of hydrogen-bond donors (Lipinski definition) is 1. The predicted molar refractivity (Wildman–Crippen MR) is 89.5 cm³/mol. The molecule has 3 rings (SSSR count). The largest absolute Gasteiger partial charge is 0.481 e. The quantitative estimate of drug-likeness (QED) is 0.909. The molecule has 0 aliphatic carbocycles. The predicted octanol–water partition coefficient (Wildman–Crippen LogP) is 1.96. The molecule has 1 aromatic rings. The zero-order chi connectivity index (χ0) is 16.4. The first-order valence-electron chi connectivity index (χ1n) is 8.21. The number of benzene rings is 1. The highest BCUT2D eigenvalue weighted by molar-refractivity contribution is 7.91. The Balaban J connectivity index is 1.71. The minimum absolute atomic E-state index is 0.241. The molecule has 2 aliphatic rings. The van der Waals surface area contributed by atoms with Crippen LogP contribution in [0.25, 0.3) is 0 Å². The maximum Gasteiger partial charge on any atom is 0.306 e. The van der Waals surface area contributed by atoms with E-state index in [0.717, 1.165) is 30.6 Å². The van der Waals surface area contributed by atoms with Gasteiger partial charge >= 0.3 is 5.97 Å². The average molecular weight is 337 g/mol. The molecule has 0 saturated carbocycles. The van der Waals surface area contributed by atoms with E-state index in [0.29, 0.717) is 30.9 Å². The van der Waals surface area contributed by atoms with Gasteiger partial charge in [-0.25, -0.2) is 8.42 Å². The Bertz CT molecular complexity index is 686. The maximum absolute atomic E-state index is 11.6. The molecule has 126 valence electrons. The molecule has 0 bridgehead atoms. The molecule has 0 radical (unpaired) electrons. The number of para-hydroxylation sites is 1. The lowest BCUT2D eigenvalue weighted by atomic mass is 9.97. The molecule has 0 amide bonds. The Morgan fingerprint density at radius 1 is 1.26 bits per heavy atom. The van der Waals surface area contributed by atoms with Gasteiger partial charge in [0.25, 0.3) is 0 Å². The first-order chi connectivity index (χ1) is 10.9. The average Bonchev–Trinajstić information content (AvgIpc) is 2.75. The van der Waals surface area contributed by atoms with Gasteiger partial charge in [-0.3, -0.25) is 4.79 Å². The third kappa shape index (κ3) is 3.86. The van der Waals surface area contributed by atoms with Gasteiger partial charge in [0.2, 0.25) is 0 Å². The number of anilines is 1. The van der Waals surface area contributed by atoms with E-state index in [-0.39, 0.29) is 11.8 Å². The number of nitrogens with zero attached hydrogens (tertiary/aromatic N) is 1. The van der Waals surface area contributed by atoms with Crippen LogP contribution in [0.2, 0.25) is 0 Å². The Morgan fingerprint density at radius 3 is 2.74 bits per heavy atom. The molecule has 23 heavy (non-hydrogen) atoms. The summed E-state index contributed by atoms with van der Waals surface area (Å²) in [5, 5.41) is 9.35. The molecule has 1 fully saturated rings. The Labute approximate surface area is 137 Å². The van der Waals surface area contributed by atoms with Crippen molar-refractivity contribution in [2.45, 2.75) is 25.7 Å². The van der Waals surface area contributed by atoms with Gasteiger partial charge in [-0.15, -0.1) is 0 Å². The molecule has 2 aliphatic heterocycles. The highest BCUT2D eigenvalue weighted by atomic mass is 32.2. The van der Waals surface area contributed by atoms with Crippen LogP contribution in [-0.2, 0) is 21.1 Å². The van der Waals surface area contributed by atoms with E-state index in [9.17, 15) is 18.3 Å². The van der Waals surface area contributed by atoms with Gasteiger partial charge < -0.3 is 10.0 Å². The molecule has 0 spiro atoms. The van der Waals surface area contributed by atoms with Gasteiger partial charge in [0, 0.05) is 18.8 Å². The van der Waals surface area contributed by atoms with Crippen LogP contribution in [0.1, 0.15) is 24.8 Å². The molecule has 2 unspecified atom stereocenters. The summed E-state index contributed by atoms with van der Waals surface area (Å²) < 4.78 is 23.2. The van der Waals surface area contributed by atoms with Gasteiger partial charge in [-0.2, -0.15) is 0 Å². The highest BCUT2D eigenvalue weighted by Gasteiger charge is 2.29. The maximum atomic E-state index is 11.6. The van der Waals surface area contributed by atoms with Crippen molar-refractivity contribution in [2.75, 3.05) is 29.5 Å². The van der Waals surface area contributed by atoms with Crippen LogP contribution in [0, 0.1) is 11.8 Å². The van der Waals surface area contributed by atoms with Gasteiger partial charge in [0.1, 0.15) is 0 Å². The summed E-state index contributed by atoms with van der Waals surface area (Å²) in [6.07, 6.45) is 2.81. The number of carboxylic acid groups (broad SMARTS) is 1. The van der Waals surface area contributed by atoms with Crippen molar-refractivity contribution in [2.24, 2.45) is 11.8 Å². The van der Waals surface area contributed by atoms with E-state index in [1.54, 1.807) is 0 Å². The molecule has 2 atom stereocenters. The molecule has 6 heteroatoms. The molecule has 1 N–H and O–H groups in total. The van der Waals surface area contributed by atoms with Crippen molar-refractivity contribution in [1.29, 1.82) is 0 Å². The van der Waals surface area contributed by atoms with Crippen molar-refractivity contribution >= 4 is 21.5 Å². The summed E-state index contributed by atoms with van der Waals surface area (Å²) in [6.45, 7) is 1.51. The molecule has 0 aromatic heterocycles. The fourth-order valence-electron chi connectivity index (χ4n) is 3.67. The summed E-state index contributed by atoms with van der Waals surface area (Å²) in [5.74, 6) is -0.211. The Morgan fingerprint density at radius 2 is 2.04 bits per heavy atom. The van der Waals surface area contributed by atoms with Gasteiger partial charge in [0.15, 0.2) is 9.84 Å². The number of sulfone groups is 1. The van der Waals surface area contributed by atoms with Gasteiger partial charge in [0.05, 0.1) is 17.4 Å². The van der Waals surface area contributed by atoms with Crippen LogP contribution < -0.4 is 4.90 Å². The number of rotatable bonds is 4. The van der Waals surface area contributed by atoms with Crippen LogP contribution in [0.15, 0.2) is 24.3 Å². The van der Waals surface area contributed by atoms with Gasteiger partial charge in [-0.05, 0) is 43.2 Å². The van der Waals surface area contributed by atoms with Crippen molar-refractivity contribution in [3.63, 3.8) is 0 Å². The van der Waals surface area contributed by atoms with E-state index in [4.69, 9.17) is 0 Å². The van der Waals surface area contributed by atoms with E-state index < -0.39 is 15.8 Å². The zero-order valence-corrected chi connectivity index (χ0v) is 14.0. The summed E-state index contributed by atoms with van der Waals surface area (Å²) >= 11 is 0. The minimum Gasteiger partial charge on any atom is -0.481 e. The van der Waals surface area contributed by atoms with Crippen LogP contribution in [-0.4, -0.2) is 44.1 Å². The standard InChI is InChI=1S/C17H23NO4S/c19-17(20)15-6-9-18(16-4-2-1-3-14(16)11-15)8-5-13-7-10-23(21,22)12-13/h1-4,13,15H,5-12H2,(H,19,20). The van der Waals surface area contributed by atoms with Crippen LogP contribution >= 0.6 is 0 Å². The highest BCUT2D eigenvalue weighted by Crippen LogP contribution is 2.30. The normalized spacial score (nSPS) is 26.5. The second kappa shape index (κ2) is 6.51. The SMILES string of the molecule is O=C(O)C1CCN(CCC2CCS(=O)(=O)C2)c2ccccc2C1. The van der Waals surface area contributed by atoms with Crippen LogP contribution in [0.5, 0.6) is 0 Å². The fraction of sp³-hybridized carbons (Fsp3) is 0.588. The lowest BCUT2D eigenvalue weighted by Crippen LogP contribution is -2.28. The van der Waals surface area contributed by atoms with Crippen molar-refractivity contribution in [1.82, 2.24) is 0 Å². The Hall–Kier alpha value is -1.56. The molecule has 1 saturated heterocycles. The Kier molecular flexibility index (Phi) is 4.62. The zero-order valence-electron chi connectivity index (χ0n) is 13.1. The fourth-order valence-corrected chi connectivity index (χ4v) is 5.58. The van der Waals surface area contributed by atoms with Crippen molar-refractivity contribution < 1.29 is 18.3 Å². The monoisotopic (exact) mass is 337 g/mol. The van der Waals surface area contributed by atoms with E-state index in [1.165, 1.54) is 0 Å². The lowest BCUT2D eigenvalue weighted by molar-refractivity contribution is -0.141. The summed E-state index contributed by atoms with van der Waals surface area (Å²) in [6, 6.07) is 7.98. The van der Waals surface area contributed by atoms with Gasteiger partial charge in [-0.1, -0.05) is 18.2 Å². The van der Waals surface area contributed by atoms with Crippen molar-refractivity contribution in [3.05, 3.63) is 29.8 Å². The summed E-state index contributed by atoms with van der Waals surface area (Å²) in [5.41, 5.74) is 2.19. The molecular formula is C17H23NO4S. The van der Waals surface area contributed by atoms with Crippen LogP contribution in [0.3, 0.4) is 0 Å². The smallest absolute Gasteiger partial charge is 0.306 e. The second-order valence-corrected chi connectivity index (χ2v) is 8.93. The van der Waals surface area contributed by atoms with Crippen molar-refractivity contribution in [3.8, 4) is 0 Å². The number of carboxylic acids is 1. The molecule has 1 aromatic carbocycles. The first-order valence-corrected chi connectivity index (χ1v) is 10.0. The lowest BCUT2D eigenvalue weighted by Gasteiger charge is -2.26. The van der Waals surface area contributed by atoms with E-state index >= 15 is 0 Å². The third-order valence-corrected chi connectivity index (χ3v) is 6.87. The third-order valence-electron chi connectivity index (χ3n) is 5.03. The topological polar surface area (TPSA) is 74.7 Å². The number of aliphatic carboxylic acids is 1. The van der Waals surface area contributed by atoms with Crippen LogP contribution in [0.4, 0.5) is 5.69 Å².